The molecule has 3 N–H and O–H groups in total. The lowest BCUT2D eigenvalue weighted by atomic mass is 9.84. The molecule has 0 aromatic heterocycles. The molecular formula is C14H15BrF3NO4. The van der Waals surface area contributed by atoms with Crippen molar-refractivity contribution in [2.75, 3.05) is 0 Å². The van der Waals surface area contributed by atoms with Crippen molar-refractivity contribution < 1.29 is 32.6 Å². The van der Waals surface area contributed by atoms with Crippen LogP contribution in [0.15, 0.2) is 22.7 Å². The largest absolute Gasteiger partial charge is 0.478 e. The molecule has 0 aliphatic carbocycles. The summed E-state index contributed by atoms with van der Waals surface area (Å²) >= 11 is 3.09. The zero-order valence-electron chi connectivity index (χ0n) is 12.2. The molecule has 1 rings (SSSR count). The summed E-state index contributed by atoms with van der Waals surface area (Å²) in [7, 11) is 0. The van der Waals surface area contributed by atoms with E-state index in [2.05, 4.69) is 21.7 Å². The number of hydrogen-bond donors (Lipinski definition) is 2. The van der Waals surface area contributed by atoms with Gasteiger partial charge in [-0.25, -0.2) is 9.18 Å². The quantitative estimate of drug-likeness (QED) is 0.545. The summed E-state index contributed by atoms with van der Waals surface area (Å²) in [5, 5.41) is 9.36. The Bertz CT molecular complexity index is 606. The first-order valence-electron chi connectivity index (χ1n) is 6.44. The van der Waals surface area contributed by atoms with Crippen LogP contribution in [0, 0.1) is 5.92 Å². The van der Waals surface area contributed by atoms with Crippen LogP contribution in [-0.4, -0.2) is 35.2 Å². The number of carbonyl (C=O) groups excluding carboxylic acids is 1. The third-order valence-electron chi connectivity index (χ3n) is 3.28. The number of rotatable bonds is 7. The fourth-order valence-corrected chi connectivity index (χ4v) is 2.41. The molecule has 0 saturated carbocycles. The summed E-state index contributed by atoms with van der Waals surface area (Å²) < 4.78 is 46.4. The van der Waals surface area contributed by atoms with Crippen molar-refractivity contribution in [1.82, 2.24) is 0 Å². The highest BCUT2D eigenvalue weighted by atomic mass is 79.9. The number of hydrogen-bond acceptors (Lipinski definition) is 4. The fraction of sp³-hybridized carbons (Fsp3) is 0.429. The van der Waals surface area contributed by atoms with Crippen molar-refractivity contribution in [3.8, 4) is 5.75 Å². The normalized spacial score (nSPS) is 15.8. The van der Waals surface area contributed by atoms with Crippen LogP contribution >= 0.6 is 15.9 Å². The average molecular weight is 398 g/mol. The Hall–Kier alpha value is -1.61. The van der Waals surface area contributed by atoms with E-state index in [4.69, 9.17) is 4.74 Å². The van der Waals surface area contributed by atoms with Gasteiger partial charge in [-0.1, -0.05) is 29.8 Å². The zero-order chi connectivity index (χ0) is 18.0. The van der Waals surface area contributed by atoms with Gasteiger partial charge in [0.2, 0.25) is 11.8 Å². The number of nitrogens with two attached hydrogens (primary N) is 1. The molecule has 2 atom stereocenters. The Kier molecular flexibility index (Phi) is 5.81. The number of carboxylic acids is 1. The van der Waals surface area contributed by atoms with Crippen molar-refractivity contribution >= 4 is 28.2 Å². The van der Waals surface area contributed by atoms with Gasteiger partial charge in [-0.3, -0.25) is 10.5 Å². The van der Waals surface area contributed by atoms with Crippen molar-refractivity contribution in [2.45, 2.75) is 31.7 Å². The summed E-state index contributed by atoms with van der Waals surface area (Å²) in [5.41, 5.74) is 1.37. The molecule has 2 unspecified atom stereocenters. The SMILES string of the molecule is CC(C)C(Oc1ccc(Br)cc1C=O)(C(=O)O)C(F)C(N)(F)F. The van der Waals surface area contributed by atoms with Gasteiger partial charge >= 0.3 is 12.0 Å². The van der Waals surface area contributed by atoms with Crippen molar-refractivity contribution in [2.24, 2.45) is 11.7 Å². The Balaban J connectivity index is 3.49. The van der Waals surface area contributed by atoms with Gasteiger partial charge in [-0.2, -0.15) is 8.78 Å². The lowest BCUT2D eigenvalue weighted by molar-refractivity contribution is -0.194. The van der Waals surface area contributed by atoms with Crippen molar-refractivity contribution in [1.29, 1.82) is 0 Å². The number of alkyl halides is 3. The van der Waals surface area contributed by atoms with Gasteiger partial charge in [-0.05, 0) is 18.2 Å². The van der Waals surface area contributed by atoms with E-state index < -0.39 is 29.7 Å². The molecule has 0 radical (unpaired) electrons. The molecule has 0 fully saturated rings. The van der Waals surface area contributed by atoms with Gasteiger partial charge in [0.1, 0.15) is 5.75 Å². The van der Waals surface area contributed by atoms with Gasteiger partial charge in [-0.15, -0.1) is 0 Å². The first-order chi connectivity index (χ1) is 10.5. The first-order valence-corrected chi connectivity index (χ1v) is 7.24. The summed E-state index contributed by atoms with van der Waals surface area (Å²) in [6.45, 7) is 2.40. The second kappa shape index (κ2) is 6.88. The van der Waals surface area contributed by atoms with Crippen LogP contribution in [0.3, 0.4) is 0 Å². The molecule has 0 amide bonds. The van der Waals surface area contributed by atoms with Gasteiger partial charge in [0.15, 0.2) is 6.29 Å². The van der Waals surface area contributed by atoms with E-state index in [0.717, 1.165) is 0 Å². The van der Waals surface area contributed by atoms with Crippen molar-refractivity contribution in [3.05, 3.63) is 28.2 Å². The Labute approximate surface area is 138 Å². The monoisotopic (exact) mass is 397 g/mol. The molecular weight excluding hydrogens is 383 g/mol. The van der Waals surface area contributed by atoms with E-state index in [1.807, 2.05) is 0 Å². The molecule has 0 aliphatic heterocycles. The van der Waals surface area contributed by atoms with Gasteiger partial charge in [0.05, 0.1) is 5.56 Å². The standard InChI is InChI=1S/C14H15BrF3NO4/c1-7(2)13(12(21)22,11(16)14(17,18)19)23-10-4-3-9(15)5-8(10)6-20/h3-7,11H,19H2,1-2H3,(H,21,22). The summed E-state index contributed by atoms with van der Waals surface area (Å²) in [5.74, 6) is -3.51. The number of aliphatic carboxylic acids is 1. The maximum atomic E-state index is 14.3. The zero-order valence-corrected chi connectivity index (χ0v) is 13.8. The van der Waals surface area contributed by atoms with Crippen LogP contribution < -0.4 is 10.5 Å². The topological polar surface area (TPSA) is 89.6 Å². The molecule has 128 valence electrons. The number of carbonyl (C=O) groups is 2. The van der Waals surface area contributed by atoms with E-state index >= 15 is 0 Å². The molecule has 0 bridgehead atoms. The minimum atomic E-state index is -4.45. The lowest BCUT2D eigenvalue weighted by Crippen LogP contribution is -2.64. The van der Waals surface area contributed by atoms with Gasteiger partial charge in [0.25, 0.3) is 0 Å². The number of halogens is 4. The number of benzene rings is 1. The van der Waals surface area contributed by atoms with E-state index in [1.54, 1.807) is 0 Å². The second-order valence-corrected chi connectivity index (χ2v) is 6.11. The van der Waals surface area contributed by atoms with Crippen LogP contribution in [0.2, 0.25) is 0 Å². The van der Waals surface area contributed by atoms with Crippen LogP contribution in [0.5, 0.6) is 5.75 Å². The fourth-order valence-electron chi connectivity index (χ4n) is 2.03. The van der Waals surface area contributed by atoms with Crippen LogP contribution in [0.25, 0.3) is 0 Å². The molecule has 5 nitrogen and oxygen atoms in total. The maximum Gasteiger partial charge on any atom is 0.351 e. The second-order valence-electron chi connectivity index (χ2n) is 5.19. The summed E-state index contributed by atoms with van der Waals surface area (Å²) in [6.07, 6.45) is -3.00. The first kappa shape index (κ1) is 19.4. The molecule has 0 spiro atoms. The predicted octanol–water partition coefficient (Wildman–Crippen LogP) is 3.01. The molecule has 0 saturated heterocycles. The average Bonchev–Trinajstić information content (AvgIpc) is 2.43. The number of carboxylic acid groups (broad SMARTS) is 1. The highest BCUT2D eigenvalue weighted by Gasteiger charge is 2.61. The molecule has 0 heterocycles. The smallest absolute Gasteiger partial charge is 0.351 e. The highest BCUT2D eigenvalue weighted by molar-refractivity contribution is 9.10. The summed E-state index contributed by atoms with van der Waals surface area (Å²) in [6, 6.07) is -0.596. The summed E-state index contributed by atoms with van der Waals surface area (Å²) in [4.78, 5) is 22.6. The Morgan fingerprint density at radius 2 is 2.00 bits per heavy atom. The predicted molar refractivity (Wildman–Crippen MR) is 79.4 cm³/mol. The maximum absolute atomic E-state index is 14.3. The minimum Gasteiger partial charge on any atom is -0.478 e. The third-order valence-corrected chi connectivity index (χ3v) is 3.78. The minimum absolute atomic E-state index is 0.127. The van der Waals surface area contributed by atoms with Gasteiger partial charge < -0.3 is 9.84 Å². The third kappa shape index (κ3) is 3.84. The lowest BCUT2D eigenvalue weighted by Gasteiger charge is -2.38. The van der Waals surface area contributed by atoms with E-state index in [1.165, 1.54) is 32.0 Å². The van der Waals surface area contributed by atoms with Crippen molar-refractivity contribution in [3.63, 3.8) is 0 Å². The molecule has 23 heavy (non-hydrogen) atoms. The Morgan fingerprint density at radius 3 is 2.39 bits per heavy atom. The molecule has 1 aromatic carbocycles. The molecule has 9 heteroatoms. The van der Waals surface area contributed by atoms with Crippen LogP contribution in [0.1, 0.15) is 24.2 Å². The number of aldehydes is 1. The Morgan fingerprint density at radius 1 is 1.43 bits per heavy atom. The number of ether oxygens (including phenoxy) is 1. The molecule has 0 aliphatic rings. The van der Waals surface area contributed by atoms with Gasteiger partial charge in [0, 0.05) is 10.4 Å². The van der Waals surface area contributed by atoms with Crippen LogP contribution in [-0.2, 0) is 4.79 Å². The highest BCUT2D eigenvalue weighted by Crippen LogP contribution is 2.37. The van der Waals surface area contributed by atoms with E-state index in [9.17, 15) is 27.9 Å². The molecule has 1 aromatic rings. The van der Waals surface area contributed by atoms with E-state index in [0.29, 0.717) is 10.8 Å². The van der Waals surface area contributed by atoms with Crippen LogP contribution in [0.4, 0.5) is 13.2 Å². The van der Waals surface area contributed by atoms with E-state index in [-0.39, 0.29) is 11.3 Å².